The number of aromatic nitrogens is 2. The molecule has 1 aromatic heterocycles. The van der Waals surface area contributed by atoms with Crippen LogP contribution < -0.4 is 0 Å². The van der Waals surface area contributed by atoms with Gasteiger partial charge in [-0.2, -0.15) is 5.26 Å². The Kier molecular flexibility index (Phi) is 4.05. The molecule has 0 atom stereocenters. The van der Waals surface area contributed by atoms with Crippen molar-refractivity contribution in [1.29, 1.82) is 5.26 Å². The van der Waals surface area contributed by atoms with Crippen LogP contribution in [0.3, 0.4) is 0 Å². The van der Waals surface area contributed by atoms with Crippen molar-refractivity contribution in [1.82, 2.24) is 14.9 Å². The van der Waals surface area contributed by atoms with Crippen molar-refractivity contribution < 1.29 is 0 Å². The minimum absolute atomic E-state index is 0.497. The second-order valence-electron chi connectivity index (χ2n) is 4.63. The summed E-state index contributed by atoms with van der Waals surface area (Å²) in [7, 11) is 2.16. The molecular formula is C13H18N4. The van der Waals surface area contributed by atoms with E-state index in [0.29, 0.717) is 18.8 Å². The van der Waals surface area contributed by atoms with E-state index >= 15 is 0 Å². The Bertz CT molecular complexity index is 402. The smallest absolute Gasteiger partial charge is 0.129 e. The second kappa shape index (κ2) is 5.74. The van der Waals surface area contributed by atoms with E-state index in [9.17, 15) is 0 Å². The topological polar surface area (TPSA) is 52.8 Å². The van der Waals surface area contributed by atoms with Gasteiger partial charge in [0.1, 0.15) is 5.82 Å². The van der Waals surface area contributed by atoms with Crippen LogP contribution >= 0.6 is 0 Å². The Morgan fingerprint density at radius 2 is 2.24 bits per heavy atom. The van der Waals surface area contributed by atoms with Crippen LogP contribution in [0.4, 0.5) is 0 Å². The Hall–Kier alpha value is -1.47. The lowest BCUT2D eigenvalue weighted by molar-refractivity contribution is 0.253. The summed E-state index contributed by atoms with van der Waals surface area (Å²) in [6, 6.07) is 4.15. The van der Waals surface area contributed by atoms with Crippen molar-refractivity contribution in [3.8, 4) is 6.07 Å². The van der Waals surface area contributed by atoms with Crippen molar-refractivity contribution in [2.75, 3.05) is 20.1 Å². The summed E-state index contributed by atoms with van der Waals surface area (Å²) in [4.78, 5) is 11.1. The van der Waals surface area contributed by atoms with Crippen LogP contribution in [0.1, 0.15) is 36.7 Å². The lowest BCUT2D eigenvalue weighted by atomic mass is 9.93. The molecule has 0 bridgehead atoms. The zero-order valence-corrected chi connectivity index (χ0v) is 10.3. The molecule has 1 aliphatic heterocycles. The van der Waals surface area contributed by atoms with Crippen LogP contribution in [-0.4, -0.2) is 35.0 Å². The minimum atomic E-state index is 0.497. The molecule has 0 spiro atoms. The zero-order valence-electron chi connectivity index (χ0n) is 10.3. The van der Waals surface area contributed by atoms with Crippen molar-refractivity contribution in [3.05, 3.63) is 23.8 Å². The third kappa shape index (κ3) is 3.24. The van der Waals surface area contributed by atoms with Gasteiger partial charge in [-0.25, -0.2) is 9.97 Å². The van der Waals surface area contributed by atoms with Gasteiger partial charge in [-0.05, 0) is 39.0 Å². The van der Waals surface area contributed by atoms with Crippen molar-refractivity contribution in [3.63, 3.8) is 0 Å². The maximum Gasteiger partial charge on any atom is 0.129 e. The molecule has 1 aromatic rings. The minimum Gasteiger partial charge on any atom is -0.306 e. The molecule has 0 saturated carbocycles. The predicted octanol–water partition coefficient (Wildman–Crippen LogP) is 1.74. The van der Waals surface area contributed by atoms with Gasteiger partial charge in [-0.3, -0.25) is 0 Å². The number of piperidine rings is 1. The average Bonchev–Trinajstić information content (AvgIpc) is 2.37. The van der Waals surface area contributed by atoms with Crippen LogP contribution in [0, 0.1) is 11.3 Å². The largest absolute Gasteiger partial charge is 0.306 e. The molecule has 4 heteroatoms. The molecule has 0 unspecified atom stereocenters. The van der Waals surface area contributed by atoms with Gasteiger partial charge < -0.3 is 4.90 Å². The first kappa shape index (κ1) is 12.0. The van der Waals surface area contributed by atoms with Gasteiger partial charge in [0.05, 0.1) is 6.07 Å². The fourth-order valence-electron chi connectivity index (χ4n) is 2.23. The summed E-state index contributed by atoms with van der Waals surface area (Å²) in [5, 5.41) is 8.56. The maximum absolute atomic E-state index is 8.56. The van der Waals surface area contributed by atoms with E-state index in [2.05, 4.69) is 28.0 Å². The fraction of sp³-hybridized carbons (Fsp3) is 0.615. The Balaban J connectivity index is 2.03. The summed E-state index contributed by atoms with van der Waals surface area (Å²) >= 11 is 0. The highest BCUT2D eigenvalue weighted by atomic mass is 15.1. The maximum atomic E-state index is 8.56. The molecule has 1 saturated heterocycles. The number of hydrogen-bond donors (Lipinski definition) is 0. The summed E-state index contributed by atoms with van der Waals surface area (Å²) in [6.45, 7) is 2.28. The third-order valence-corrected chi connectivity index (χ3v) is 3.32. The molecule has 0 aromatic carbocycles. The first-order valence-electron chi connectivity index (χ1n) is 6.17. The quantitative estimate of drug-likeness (QED) is 0.793. The van der Waals surface area contributed by atoms with E-state index in [1.807, 2.05) is 12.3 Å². The van der Waals surface area contributed by atoms with Crippen LogP contribution in [0.2, 0.25) is 0 Å². The van der Waals surface area contributed by atoms with Crippen LogP contribution in [0.5, 0.6) is 0 Å². The van der Waals surface area contributed by atoms with E-state index in [-0.39, 0.29) is 0 Å². The highest BCUT2D eigenvalue weighted by Crippen LogP contribution is 2.25. The highest BCUT2D eigenvalue weighted by Gasteiger charge is 2.19. The molecule has 0 radical (unpaired) electrons. The Morgan fingerprint density at radius 3 is 2.94 bits per heavy atom. The number of aryl methyl sites for hydroxylation is 1. The van der Waals surface area contributed by atoms with E-state index in [4.69, 9.17) is 5.26 Å². The molecule has 2 rings (SSSR count). The summed E-state index contributed by atoms with van der Waals surface area (Å²) in [5.74, 6) is 1.37. The van der Waals surface area contributed by atoms with Crippen LogP contribution in [0.15, 0.2) is 12.3 Å². The van der Waals surface area contributed by atoms with E-state index < -0.39 is 0 Å². The van der Waals surface area contributed by atoms with E-state index in [0.717, 1.165) is 24.6 Å². The fourth-order valence-corrected chi connectivity index (χ4v) is 2.23. The Morgan fingerprint density at radius 1 is 1.47 bits per heavy atom. The first-order chi connectivity index (χ1) is 8.29. The lowest BCUT2D eigenvalue weighted by Gasteiger charge is -2.28. The second-order valence-corrected chi connectivity index (χ2v) is 4.63. The number of likely N-dealkylation sites (tertiary alicyclic amines) is 1. The molecule has 2 heterocycles. The first-order valence-corrected chi connectivity index (χ1v) is 6.17. The molecule has 4 nitrogen and oxygen atoms in total. The van der Waals surface area contributed by atoms with Gasteiger partial charge in [-0.1, -0.05) is 0 Å². The van der Waals surface area contributed by atoms with Crippen molar-refractivity contribution >= 4 is 0 Å². The molecule has 90 valence electrons. The summed E-state index contributed by atoms with van der Waals surface area (Å²) in [6.07, 6.45) is 5.33. The van der Waals surface area contributed by atoms with Crippen molar-refractivity contribution in [2.24, 2.45) is 0 Å². The standard InChI is InChI=1S/C13H18N4/c1-17-9-5-11(6-10-17)12-4-8-15-13(16-12)3-2-7-14/h4,8,11H,2-3,5-6,9-10H2,1H3. The number of nitrogens with zero attached hydrogens (tertiary/aromatic N) is 4. The Labute approximate surface area is 102 Å². The SMILES string of the molecule is CN1CCC(c2ccnc(CCC#N)n2)CC1. The van der Waals surface area contributed by atoms with Crippen LogP contribution in [-0.2, 0) is 6.42 Å². The van der Waals surface area contributed by atoms with E-state index in [1.165, 1.54) is 12.8 Å². The average molecular weight is 230 g/mol. The molecule has 0 aliphatic carbocycles. The van der Waals surface area contributed by atoms with Gasteiger partial charge in [0.25, 0.3) is 0 Å². The zero-order chi connectivity index (χ0) is 12.1. The third-order valence-electron chi connectivity index (χ3n) is 3.32. The van der Waals surface area contributed by atoms with Gasteiger partial charge in [0, 0.05) is 30.7 Å². The summed E-state index contributed by atoms with van der Waals surface area (Å²) < 4.78 is 0. The number of rotatable bonds is 3. The van der Waals surface area contributed by atoms with Crippen LogP contribution in [0.25, 0.3) is 0 Å². The molecule has 0 N–H and O–H groups in total. The monoisotopic (exact) mass is 230 g/mol. The van der Waals surface area contributed by atoms with E-state index in [1.54, 1.807) is 0 Å². The summed E-state index contributed by atoms with van der Waals surface area (Å²) in [5.41, 5.74) is 1.15. The van der Waals surface area contributed by atoms with Gasteiger partial charge in [-0.15, -0.1) is 0 Å². The van der Waals surface area contributed by atoms with Gasteiger partial charge in [0.15, 0.2) is 0 Å². The van der Waals surface area contributed by atoms with Gasteiger partial charge in [0.2, 0.25) is 0 Å². The molecule has 1 aliphatic rings. The molecule has 17 heavy (non-hydrogen) atoms. The molecule has 1 fully saturated rings. The lowest BCUT2D eigenvalue weighted by Crippen LogP contribution is -2.29. The number of nitriles is 1. The molecule has 0 amide bonds. The predicted molar refractivity (Wildman–Crippen MR) is 65.4 cm³/mol. The normalized spacial score (nSPS) is 17.9. The van der Waals surface area contributed by atoms with Crippen molar-refractivity contribution in [2.45, 2.75) is 31.6 Å². The molecular weight excluding hydrogens is 212 g/mol. The van der Waals surface area contributed by atoms with Gasteiger partial charge >= 0.3 is 0 Å². The highest BCUT2D eigenvalue weighted by molar-refractivity contribution is 5.10. The number of hydrogen-bond acceptors (Lipinski definition) is 4.